The van der Waals surface area contributed by atoms with Crippen LogP contribution in [-0.2, 0) is 0 Å². The maximum absolute atomic E-state index is 12.0. The molecule has 4 heteroatoms. The number of anilines is 1. The molecule has 1 aromatic heterocycles. The van der Waals surface area contributed by atoms with E-state index < -0.39 is 0 Å². The molecule has 0 aliphatic carbocycles. The van der Waals surface area contributed by atoms with Crippen LogP contribution in [0.5, 0.6) is 0 Å². The second kappa shape index (κ2) is 6.03. The highest BCUT2D eigenvalue weighted by Gasteiger charge is 2.15. The van der Waals surface area contributed by atoms with Crippen LogP contribution in [0.4, 0.5) is 5.69 Å². The lowest BCUT2D eigenvalue weighted by molar-refractivity contribution is 0.0994. The standard InChI is InChI=1S/C14H14ClNOS/c1-16-11-9-13(10-5-3-2-4-6-10)18-14(11)12(17)7-8-15/h2-6,9,16H,7-8H2,1H3. The van der Waals surface area contributed by atoms with E-state index in [1.165, 1.54) is 11.3 Å². The van der Waals surface area contributed by atoms with Gasteiger partial charge in [0.1, 0.15) is 0 Å². The molecule has 18 heavy (non-hydrogen) atoms. The molecule has 0 aliphatic heterocycles. The van der Waals surface area contributed by atoms with Crippen molar-refractivity contribution in [3.05, 3.63) is 41.3 Å². The van der Waals surface area contributed by atoms with Crippen molar-refractivity contribution in [2.24, 2.45) is 0 Å². The molecule has 1 N–H and O–H groups in total. The fourth-order valence-electron chi connectivity index (χ4n) is 1.73. The van der Waals surface area contributed by atoms with Gasteiger partial charge in [-0.25, -0.2) is 0 Å². The first-order valence-corrected chi connectivity index (χ1v) is 7.07. The van der Waals surface area contributed by atoms with Crippen LogP contribution < -0.4 is 5.32 Å². The lowest BCUT2D eigenvalue weighted by Gasteiger charge is -1.99. The van der Waals surface area contributed by atoms with Crippen molar-refractivity contribution in [1.29, 1.82) is 0 Å². The van der Waals surface area contributed by atoms with Crippen molar-refractivity contribution in [1.82, 2.24) is 0 Å². The molecule has 2 aromatic rings. The Bertz CT molecular complexity index is 536. The summed E-state index contributed by atoms with van der Waals surface area (Å²) in [5.41, 5.74) is 2.01. The number of carbonyl (C=O) groups excluding carboxylic acids is 1. The van der Waals surface area contributed by atoms with Crippen molar-refractivity contribution in [3.8, 4) is 10.4 Å². The van der Waals surface area contributed by atoms with E-state index in [1.807, 2.05) is 43.4 Å². The van der Waals surface area contributed by atoms with Crippen LogP contribution in [0.1, 0.15) is 16.1 Å². The van der Waals surface area contributed by atoms with E-state index in [0.29, 0.717) is 12.3 Å². The maximum Gasteiger partial charge on any atom is 0.176 e. The molecule has 0 unspecified atom stereocenters. The monoisotopic (exact) mass is 279 g/mol. The van der Waals surface area contributed by atoms with Gasteiger partial charge in [-0.15, -0.1) is 22.9 Å². The first kappa shape index (κ1) is 13.1. The van der Waals surface area contributed by atoms with Crippen LogP contribution in [0.2, 0.25) is 0 Å². The molecule has 0 aliphatic rings. The van der Waals surface area contributed by atoms with E-state index >= 15 is 0 Å². The average molecular weight is 280 g/mol. The molecule has 2 nitrogen and oxygen atoms in total. The van der Waals surface area contributed by atoms with Crippen molar-refractivity contribution < 1.29 is 4.79 Å². The van der Waals surface area contributed by atoms with E-state index in [-0.39, 0.29) is 5.78 Å². The molecule has 0 bridgehead atoms. The molecule has 0 saturated heterocycles. The van der Waals surface area contributed by atoms with Crippen LogP contribution in [0.15, 0.2) is 36.4 Å². The molecular weight excluding hydrogens is 266 g/mol. The third-order valence-corrected chi connectivity index (χ3v) is 4.05. The van der Waals surface area contributed by atoms with Gasteiger partial charge in [-0.2, -0.15) is 0 Å². The molecule has 1 aromatic carbocycles. The number of hydrogen-bond donors (Lipinski definition) is 1. The van der Waals surface area contributed by atoms with Crippen LogP contribution in [-0.4, -0.2) is 18.7 Å². The molecule has 0 saturated carbocycles. The van der Waals surface area contributed by atoms with E-state index in [4.69, 9.17) is 11.6 Å². The van der Waals surface area contributed by atoms with Gasteiger partial charge in [0.15, 0.2) is 5.78 Å². The smallest absolute Gasteiger partial charge is 0.176 e. The third kappa shape index (κ3) is 2.74. The van der Waals surface area contributed by atoms with Gasteiger partial charge in [0.2, 0.25) is 0 Å². The van der Waals surface area contributed by atoms with Gasteiger partial charge in [-0.1, -0.05) is 30.3 Å². The molecule has 0 fully saturated rings. The normalized spacial score (nSPS) is 10.3. The molecule has 0 amide bonds. The fraction of sp³-hybridized carbons (Fsp3) is 0.214. The zero-order valence-corrected chi connectivity index (χ0v) is 11.6. The molecule has 0 radical (unpaired) electrons. The van der Waals surface area contributed by atoms with Gasteiger partial charge in [0.05, 0.1) is 10.6 Å². The van der Waals surface area contributed by atoms with Crippen LogP contribution in [0.25, 0.3) is 10.4 Å². The highest BCUT2D eigenvalue weighted by Crippen LogP contribution is 2.35. The minimum absolute atomic E-state index is 0.0986. The summed E-state index contributed by atoms with van der Waals surface area (Å²) in [7, 11) is 1.83. The summed E-state index contributed by atoms with van der Waals surface area (Å²) in [6.07, 6.45) is 0.380. The topological polar surface area (TPSA) is 29.1 Å². The third-order valence-electron chi connectivity index (χ3n) is 2.63. The first-order valence-electron chi connectivity index (χ1n) is 5.72. The van der Waals surface area contributed by atoms with Crippen LogP contribution >= 0.6 is 22.9 Å². The van der Waals surface area contributed by atoms with Crippen LogP contribution in [0.3, 0.4) is 0 Å². The average Bonchev–Trinajstić information content (AvgIpc) is 2.84. The lowest BCUT2D eigenvalue weighted by Crippen LogP contribution is -2.00. The summed E-state index contributed by atoms with van der Waals surface area (Å²) in [4.78, 5) is 13.8. The van der Waals surface area contributed by atoms with Crippen molar-refractivity contribution >= 4 is 34.4 Å². The van der Waals surface area contributed by atoms with Crippen molar-refractivity contribution in [2.45, 2.75) is 6.42 Å². The predicted octanol–water partition coefficient (Wildman–Crippen LogP) is 4.27. The summed E-state index contributed by atoms with van der Waals surface area (Å²) in [5.74, 6) is 0.460. The molecule has 1 heterocycles. The van der Waals surface area contributed by atoms with Crippen molar-refractivity contribution in [2.75, 3.05) is 18.2 Å². The highest BCUT2D eigenvalue weighted by atomic mass is 35.5. The van der Waals surface area contributed by atoms with Crippen molar-refractivity contribution in [3.63, 3.8) is 0 Å². The number of rotatable bonds is 5. The quantitative estimate of drug-likeness (QED) is 0.654. The minimum atomic E-state index is 0.0986. The maximum atomic E-state index is 12.0. The van der Waals surface area contributed by atoms with Gasteiger partial charge >= 0.3 is 0 Å². The fourth-order valence-corrected chi connectivity index (χ4v) is 3.04. The second-order valence-corrected chi connectivity index (χ2v) is 5.26. The van der Waals surface area contributed by atoms with Gasteiger partial charge in [-0.3, -0.25) is 4.79 Å². The predicted molar refractivity (Wildman–Crippen MR) is 79.0 cm³/mol. The van der Waals surface area contributed by atoms with E-state index in [9.17, 15) is 4.79 Å². The molecule has 0 spiro atoms. The SMILES string of the molecule is CNc1cc(-c2ccccc2)sc1C(=O)CCCl. The molecule has 2 rings (SSSR count). The molecule has 94 valence electrons. The number of hydrogen-bond acceptors (Lipinski definition) is 3. The molecule has 0 atom stereocenters. The number of thiophene rings is 1. The zero-order valence-electron chi connectivity index (χ0n) is 10.1. The Balaban J connectivity index is 2.38. The number of nitrogens with one attached hydrogen (secondary N) is 1. The number of ketones is 1. The number of halogens is 1. The first-order chi connectivity index (χ1) is 8.76. The Kier molecular flexibility index (Phi) is 4.39. The lowest BCUT2D eigenvalue weighted by atomic mass is 10.1. The van der Waals surface area contributed by atoms with Gasteiger partial charge in [-0.05, 0) is 11.6 Å². The number of carbonyl (C=O) groups is 1. The highest BCUT2D eigenvalue weighted by molar-refractivity contribution is 7.18. The zero-order chi connectivity index (χ0) is 13.0. The summed E-state index contributed by atoms with van der Waals surface area (Å²) in [5, 5.41) is 3.07. The van der Waals surface area contributed by atoms with Crippen LogP contribution in [0, 0.1) is 0 Å². The Morgan fingerprint density at radius 2 is 2.06 bits per heavy atom. The second-order valence-electron chi connectivity index (χ2n) is 3.83. The van der Waals surface area contributed by atoms with Gasteiger partial charge < -0.3 is 5.32 Å². The summed E-state index contributed by atoms with van der Waals surface area (Å²) in [6, 6.07) is 12.1. The minimum Gasteiger partial charge on any atom is -0.387 e. The van der Waals surface area contributed by atoms with Gasteiger partial charge in [0, 0.05) is 24.2 Å². The number of alkyl halides is 1. The van der Waals surface area contributed by atoms with Gasteiger partial charge in [0.25, 0.3) is 0 Å². The summed E-state index contributed by atoms with van der Waals surface area (Å²) < 4.78 is 0. The van der Waals surface area contributed by atoms with E-state index in [1.54, 1.807) is 0 Å². The number of benzene rings is 1. The van der Waals surface area contributed by atoms with E-state index in [0.717, 1.165) is 21.0 Å². The largest absolute Gasteiger partial charge is 0.387 e. The Labute approximate surface area is 116 Å². The Morgan fingerprint density at radius 3 is 2.67 bits per heavy atom. The Morgan fingerprint density at radius 1 is 1.33 bits per heavy atom. The summed E-state index contributed by atoms with van der Waals surface area (Å²) in [6.45, 7) is 0. The molecular formula is C14H14ClNOS. The number of Topliss-reactive ketones (excluding diaryl/α,β-unsaturated/α-hetero) is 1. The summed E-state index contributed by atoms with van der Waals surface area (Å²) >= 11 is 7.14. The Hall–Kier alpha value is -1.32. The van der Waals surface area contributed by atoms with E-state index in [2.05, 4.69) is 5.32 Å².